The largest absolute Gasteiger partial charge is 0.307 e. The van der Waals surface area contributed by atoms with Gasteiger partial charge in [0.15, 0.2) is 0 Å². The Morgan fingerprint density at radius 3 is 0.808 bits per heavy atom. The molecule has 338 valence electrons. The average molecular weight is 927 g/mol. The van der Waals surface area contributed by atoms with Gasteiger partial charge in [0.2, 0.25) is 0 Å². The summed E-state index contributed by atoms with van der Waals surface area (Å²) in [6.45, 7) is 0. The Hall–Kier alpha value is -10.3. The quantitative estimate of drug-likeness (QED) is 0.145. The summed E-state index contributed by atoms with van der Waals surface area (Å²) in [4.78, 5) is 0. The van der Waals surface area contributed by atoms with Crippen LogP contribution < -0.4 is 0 Å². The summed E-state index contributed by atoms with van der Waals surface area (Å²) in [5, 5.41) is 37.1. The molecular weight excluding hydrogens is 885 g/mol. The van der Waals surface area contributed by atoms with Gasteiger partial charge in [0.25, 0.3) is 0 Å². The average Bonchev–Trinajstić information content (AvgIpc) is 3.80. The summed E-state index contributed by atoms with van der Waals surface area (Å²) in [7, 11) is 0. The van der Waals surface area contributed by atoms with Crippen molar-refractivity contribution < 1.29 is 0 Å². The first kappa shape index (κ1) is 43.9. The van der Waals surface area contributed by atoms with E-state index in [9.17, 15) is 15.8 Å². The van der Waals surface area contributed by atoms with Gasteiger partial charge < -0.3 is 4.57 Å². The van der Waals surface area contributed by atoms with E-state index in [2.05, 4.69) is 181 Å². The minimum atomic E-state index is 0.233. The lowest BCUT2D eigenvalue weighted by atomic mass is 9.83. The van der Waals surface area contributed by atoms with E-state index in [1.165, 1.54) is 0 Å². The zero-order chi connectivity index (χ0) is 49.3. The van der Waals surface area contributed by atoms with E-state index in [0.29, 0.717) is 27.9 Å². The first-order valence-corrected chi connectivity index (χ1v) is 24.2. The second-order valence-corrected chi connectivity index (χ2v) is 18.1. The molecule has 0 saturated carbocycles. The number of nitriles is 3. The van der Waals surface area contributed by atoms with Gasteiger partial charge in [-0.2, -0.15) is 15.8 Å². The van der Waals surface area contributed by atoms with Crippen LogP contribution in [0.25, 0.3) is 117 Å². The molecule has 0 aliphatic rings. The van der Waals surface area contributed by atoms with Crippen LogP contribution in [0.2, 0.25) is 0 Å². The summed E-state index contributed by atoms with van der Waals surface area (Å²) >= 11 is 0. The Bertz CT molecular complexity index is 3950. The molecule has 0 unspecified atom stereocenters. The molecule has 0 saturated heterocycles. The Kier molecular flexibility index (Phi) is 11.4. The van der Waals surface area contributed by atoms with Gasteiger partial charge >= 0.3 is 0 Å². The van der Waals surface area contributed by atoms with E-state index in [1.807, 2.05) is 97.1 Å². The molecule has 12 aromatic rings. The summed E-state index contributed by atoms with van der Waals surface area (Å²) in [5.41, 5.74) is 17.5. The van der Waals surface area contributed by atoms with Gasteiger partial charge in [-0.1, -0.05) is 206 Å². The minimum absolute atomic E-state index is 0.233. The van der Waals surface area contributed by atoms with Gasteiger partial charge in [-0.3, -0.25) is 0 Å². The molecule has 0 bridgehead atoms. The number of benzene rings is 11. The van der Waals surface area contributed by atoms with Crippen molar-refractivity contribution >= 4 is 21.8 Å². The number of hydrogen-bond acceptors (Lipinski definition) is 3. The third kappa shape index (κ3) is 8.01. The van der Waals surface area contributed by atoms with E-state index in [0.717, 1.165) is 88.6 Å². The molecule has 0 N–H and O–H groups in total. The SMILES string of the molecule is N#Cc1c(-c2cccc(-c3cccc(-c4ccccc4)c3)c2)c(C#N)c(-n2c3ccc(-c4ccccc4)cc3c3cc(-c4ccccc4)ccc32)c(C#N)c1-c1cccc(-c2cccc(-c3ccccc3)c2)c1. The molecule has 4 nitrogen and oxygen atoms in total. The first-order valence-electron chi connectivity index (χ1n) is 24.2. The van der Waals surface area contributed by atoms with Crippen LogP contribution in [-0.4, -0.2) is 4.57 Å². The van der Waals surface area contributed by atoms with Gasteiger partial charge in [0, 0.05) is 21.9 Å². The van der Waals surface area contributed by atoms with Crippen LogP contribution in [0.4, 0.5) is 0 Å². The zero-order valence-corrected chi connectivity index (χ0v) is 39.5. The molecule has 73 heavy (non-hydrogen) atoms. The third-order valence-electron chi connectivity index (χ3n) is 13.9. The fourth-order valence-electron chi connectivity index (χ4n) is 10.5. The van der Waals surface area contributed by atoms with Crippen molar-refractivity contribution in [1.29, 1.82) is 15.8 Å². The van der Waals surface area contributed by atoms with Crippen molar-refractivity contribution in [3.8, 4) is 113 Å². The van der Waals surface area contributed by atoms with Crippen LogP contribution in [0.3, 0.4) is 0 Å². The Morgan fingerprint density at radius 1 is 0.233 bits per heavy atom. The van der Waals surface area contributed by atoms with Crippen LogP contribution >= 0.6 is 0 Å². The van der Waals surface area contributed by atoms with Crippen LogP contribution in [0, 0.1) is 34.0 Å². The second kappa shape index (κ2) is 18.9. The van der Waals surface area contributed by atoms with Crippen molar-refractivity contribution in [2.75, 3.05) is 0 Å². The smallest absolute Gasteiger partial charge is 0.102 e. The Labute approximate surface area is 424 Å². The molecule has 0 amide bonds. The maximum atomic E-state index is 11.8. The van der Waals surface area contributed by atoms with E-state index >= 15 is 0 Å². The highest BCUT2D eigenvalue weighted by atomic mass is 15.0. The fraction of sp³-hybridized carbons (Fsp3) is 0. The highest BCUT2D eigenvalue weighted by molar-refractivity contribution is 6.13. The highest BCUT2D eigenvalue weighted by Crippen LogP contribution is 2.47. The molecule has 4 heteroatoms. The monoisotopic (exact) mass is 926 g/mol. The molecule has 12 rings (SSSR count). The molecule has 0 atom stereocenters. The number of nitrogens with zero attached hydrogens (tertiary/aromatic N) is 4. The lowest BCUT2D eigenvalue weighted by Crippen LogP contribution is -2.08. The number of hydrogen-bond donors (Lipinski definition) is 0. The summed E-state index contributed by atoms with van der Waals surface area (Å²) in [6.07, 6.45) is 0. The molecule has 0 spiro atoms. The molecule has 0 fully saturated rings. The molecule has 0 aliphatic heterocycles. The summed E-state index contributed by atoms with van der Waals surface area (Å²) < 4.78 is 2.08. The lowest BCUT2D eigenvalue weighted by Gasteiger charge is -2.22. The van der Waals surface area contributed by atoms with Gasteiger partial charge in [0.05, 0.1) is 33.4 Å². The highest BCUT2D eigenvalue weighted by Gasteiger charge is 2.30. The van der Waals surface area contributed by atoms with Crippen molar-refractivity contribution in [1.82, 2.24) is 4.57 Å². The standard InChI is InChI=1S/C69H42N4/c70-43-62-67(58-31-15-29-54(39-58)52-27-13-25-50(37-52)46-17-5-1-6-18-46)63(44-71)69(64(45-72)68(62)59-32-16-30-55(40-59)53-28-14-26-51(38-53)47-19-7-2-8-20-47)73-65-35-33-56(48-21-9-3-10-22-48)41-60(65)61-42-57(34-36-66(61)73)49-23-11-4-12-24-49/h1-42H. The number of rotatable bonds is 9. The molecule has 1 heterocycles. The normalized spacial score (nSPS) is 11.0. The molecule has 1 aromatic heterocycles. The van der Waals surface area contributed by atoms with Crippen LogP contribution in [0.1, 0.15) is 16.7 Å². The van der Waals surface area contributed by atoms with Crippen molar-refractivity contribution in [3.63, 3.8) is 0 Å². The Morgan fingerprint density at radius 2 is 0.493 bits per heavy atom. The lowest BCUT2D eigenvalue weighted by molar-refractivity contribution is 1.15. The first-order chi connectivity index (χ1) is 36.1. The predicted molar refractivity (Wildman–Crippen MR) is 298 cm³/mol. The van der Waals surface area contributed by atoms with Crippen LogP contribution in [-0.2, 0) is 0 Å². The van der Waals surface area contributed by atoms with Gasteiger partial charge in [-0.05, 0) is 126 Å². The van der Waals surface area contributed by atoms with E-state index in [-0.39, 0.29) is 16.7 Å². The van der Waals surface area contributed by atoms with E-state index < -0.39 is 0 Å². The maximum Gasteiger partial charge on any atom is 0.102 e. The third-order valence-corrected chi connectivity index (χ3v) is 13.9. The molecular formula is C69H42N4. The molecule has 0 radical (unpaired) electrons. The van der Waals surface area contributed by atoms with Crippen molar-refractivity contribution in [3.05, 3.63) is 271 Å². The van der Waals surface area contributed by atoms with Crippen LogP contribution in [0.15, 0.2) is 255 Å². The van der Waals surface area contributed by atoms with E-state index in [4.69, 9.17) is 0 Å². The zero-order valence-electron chi connectivity index (χ0n) is 39.5. The molecule has 0 aliphatic carbocycles. The predicted octanol–water partition coefficient (Wildman–Crippen LogP) is 17.7. The van der Waals surface area contributed by atoms with Gasteiger partial charge in [0.1, 0.15) is 18.2 Å². The maximum absolute atomic E-state index is 11.8. The Balaban J connectivity index is 1.16. The van der Waals surface area contributed by atoms with Gasteiger partial charge in [-0.25, -0.2) is 0 Å². The number of fused-ring (bicyclic) bond motifs is 3. The molecule has 11 aromatic carbocycles. The summed E-state index contributed by atoms with van der Waals surface area (Å²) in [5.74, 6) is 0. The van der Waals surface area contributed by atoms with Crippen molar-refractivity contribution in [2.45, 2.75) is 0 Å². The van der Waals surface area contributed by atoms with Crippen molar-refractivity contribution in [2.24, 2.45) is 0 Å². The second-order valence-electron chi connectivity index (χ2n) is 18.1. The fourth-order valence-corrected chi connectivity index (χ4v) is 10.5. The topological polar surface area (TPSA) is 76.3 Å². The van der Waals surface area contributed by atoms with Gasteiger partial charge in [-0.15, -0.1) is 0 Å². The van der Waals surface area contributed by atoms with E-state index in [1.54, 1.807) is 0 Å². The van der Waals surface area contributed by atoms with Crippen LogP contribution in [0.5, 0.6) is 0 Å². The minimum Gasteiger partial charge on any atom is -0.307 e. The number of aromatic nitrogens is 1. The summed E-state index contributed by atoms with van der Waals surface area (Å²) in [6, 6.07) is 94.8.